The van der Waals surface area contributed by atoms with Gasteiger partial charge in [0.05, 0.1) is 6.42 Å². The van der Waals surface area contributed by atoms with Gasteiger partial charge in [0.2, 0.25) is 5.91 Å². The maximum atomic E-state index is 11.4. The van der Waals surface area contributed by atoms with Crippen molar-refractivity contribution in [2.45, 2.75) is 31.7 Å². The van der Waals surface area contributed by atoms with Crippen LogP contribution in [0.25, 0.3) is 0 Å². The Morgan fingerprint density at radius 1 is 1.27 bits per heavy atom. The summed E-state index contributed by atoms with van der Waals surface area (Å²) in [6, 6.07) is -1.32. The van der Waals surface area contributed by atoms with E-state index < -0.39 is 24.4 Å². The molecule has 0 saturated heterocycles. The van der Waals surface area contributed by atoms with Gasteiger partial charge in [0.25, 0.3) is 0 Å². The van der Waals surface area contributed by atoms with Crippen molar-refractivity contribution in [1.29, 1.82) is 0 Å². The van der Waals surface area contributed by atoms with E-state index in [9.17, 15) is 14.4 Å². The number of hydrogen-bond acceptors (Lipinski definition) is 3. The maximum absolute atomic E-state index is 11.4. The topological polar surface area (TPSA) is 104 Å². The summed E-state index contributed by atoms with van der Waals surface area (Å²) in [6.45, 7) is 0. The molecule has 1 aliphatic rings. The van der Waals surface area contributed by atoms with Crippen molar-refractivity contribution in [3.63, 3.8) is 0 Å². The highest BCUT2D eigenvalue weighted by Crippen LogP contribution is 2.26. The number of hydrogen-bond donors (Lipinski definition) is 3. The number of carboxylic acids is 2. The van der Waals surface area contributed by atoms with E-state index >= 15 is 0 Å². The summed E-state index contributed by atoms with van der Waals surface area (Å²) in [5.41, 5.74) is 0. The molecule has 0 aromatic carbocycles. The molecule has 1 rings (SSSR count). The average molecular weight is 215 g/mol. The minimum Gasteiger partial charge on any atom is -0.481 e. The number of nitrogens with one attached hydrogen (secondary N) is 1. The monoisotopic (exact) mass is 215 g/mol. The van der Waals surface area contributed by atoms with Crippen LogP contribution in [-0.2, 0) is 14.4 Å². The molecule has 0 spiro atoms. The fourth-order valence-corrected chi connectivity index (χ4v) is 1.33. The molecule has 6 heteroatoms. The molecule has 1 fully saturated rings. The van der Waals surface area contributed by atoms with Crippen molar-refractivity contribution in [2.75, 3.05) is 0 Å². The number of carbonyl (C=O) groups is 3. The van der Waals surface area contributed by atoms with Gasteiger partial charge in [-0.1, -0.05) is 6.42 Å². The van der Waals surface area contributed by atoms with Crippen molar-refractivity contribution in [2.24, 2.45) is 5.92 Å². The van der Waals surface area contributed by atoms with Gasteiger partial charge in [-0.05, 0) is 12.8 Å². The molecular weight excluding hydrogens is 202 g/mol. The molecule has 0 aromatic rings. The van der Waals surface area contributed by atoms with Crippen LogP contribution in [0.15, 0.2) is 0 Å². The Labute approximate surface area is 86.3 Å². The van der Waals surface area contributed by atoms with Crippen molar-refractivity contribution in [1.82, 2.24) is 5.32 Å². The van der Waals surface area contributed by atoms with Gasteiger partial charge in [0.15, 0.2) is 0 Å². The van der Waals surface area contributed by atoms with Gasteiger partial charge in [-0.3, -0.25) is 9.59 Å². The zero-order valence-corrected chi connectivity index (χ0v) is 8.10. The summed E-state index contributed by atoms with van der Waals surface area (Å²) in [5.74, 6) is -3.04. The van der Waals surface area contributed by atoms with Crippen LogP contribution in [0, 0.1) is 5.92 Å². The summed E-state index contributed by atoms with van der Waals surface area (Å²) < 4.78 is 0. The Kier molecular flexibility index (Phi) is 3.65. The van der Waals surface area contributed by atoms with E-state index in [-0.39, 0.29) is 11.8 Å². The average Bonchev–Trinajstić information content (AvgIpc) is 1.98. The second-order valence-corrected chi connectivity index (χ2v) is 3.63. The van der Waals surface area contributed by atoms with Crippen molar-refractivity contribution >= 4 is 17.8 Å². The van der Waals surface area contributed by atoms with E-state index in [0.717, 1.165) is 19.3 Å². The third-order valence-electron chi connectivity index (χ3n) is 2.47. The van der Waals surface area contributed by atoms with Crippen LogP contribution < -0.4 is 5.32 Å². The van der Waals surface area contributed by atoms with E-state index in [1.165, 1.54) is 0 Å². The molecule has 0 aliphatic heterocycles. The molecule has 1 saturated carbocycles. The third kappa shape index (κ3) is 3.23. The molecule has 84 valence electrons. The molecule has 1 aliphatic carbocycles. The van der Waals surface area contributed by atoms with E-state index in [4.69, 9.17) is 10.2 Å². The van der Waals surface area contributed by atoms with E-state index in [2.05, 4.69) is 5.32 Å². The fourth-order valence-electron chi connectivity index (χ4n) is 1.33. The summed E-state index contributed by atoms with van der Waals surface area (Å²) >= 11 is 0. The quantitative estimate of drug-likeness (QED) is 0.590. The van der Waals surface area contributed by atoms with E-state index in [0.29, 0.717) is 0 Å². The highest BCUT2D eigenvalue weighted by atomic mass is 16.4. The van der Waals surface area contributed by atoms with Gasteiger partial charge < -0.3 is 15.5 Å². The van der Waals surface area contributed by atoms with Crippen LogP contribution >= 0.6 is 0 Å². The smallest absolute Gasteiger partial charge is 0.326 e. The van der Waals surface area contributed by atoms with Crippen LogP contribution in [0.1, 0.15) is 25.7 Å². The molecule has 0 bridgehead atoms. The third-order valence-corrected chi connectivity index (χ3v) is 2.47. The van der Waals surface area contributed by atoms with Gasteiger partial charge in [-0.15, -0.1) is 0 Å². The van der Waals surface area contributed by atoms with Gasteiger partial charge in [-0.2, -0.15) is 0 Å². The lowest BCUT2D eigenvalue weighted by Crippen LogP contribution is -2.46. The lowest BCUT2D eigenvalue weighted by molar-refractivity contribution is -0.147. The van der Waals surface area contributed by atoms with Crippen molar-refractivity contribution < 1.29 is 24.6 Å². The molecule has 6 nitrogen and oxygen atoms in total. The lowest BCUT2D eigenvalue weighted by Gasteiger charge is -2.25. The predicted molar refractivity (Wildman–Crippen MR) is 49.2 cm³/mol. The first-order valence-corrected chi connectivity index (χ1v) is 4.75. The summed E-state index contributed by atoms with van der Waals surface area (Å²) in [7, 11) is 0. The Morgan fingerprint density at radius 3 is 2.20 bits per heavy atom. The first kappa shape index (κ1) is 11.5. The zero-order chi connectivity index (χ0) is 11.4. The molecule has 1 amide bonds. The summed E-state index contributed by atoms with van der Waals surface area (Å²) in [5, 5.41) is 19.3. The van der Waals surface area contributed by atoms with Gasteiger partial charge >= 0.3 is 11.9 Å². The first-order valence-electron chi connectivity index (χ1n) is 4.75. The lowest BCUT2D eigenvalue weighted by atomic mass is 9.84. The summed E-state index contributed by atoms with van der Waals surface area (Å²) in [4.78, 5) is 32.3. The number of carbonyl (C=O) groups excluding carboxylic acids is 1. The van der Waals surface area contributed by atoms with Crippen LogP contribution in [0.4, 0.5) is 0 Å². The molecule has 0 heterocycles. The number of carboxylic acid groups (broad SMARTS) is 2. The second kappa shape index (κ2) is 4.77. The van der Waals surface area contributed by atoms with Crippen LogP contribution in [0.5, 0.6) is 0 Å². The molecule has 0 aromatic heterocycles. The standard InChI is InChI=1S/C9H13NO5/c11-7(12)4-6(9(14)15)10-8(13)5-2-1-3-5/h5-6H,1-4H2,(H,10,13)(H,11,12)(H,14,15)/t6-/m0/s1. The number of aliphatic carboxylic acids is 2. The molecule has 15 heavy (non-hydrogen) atoms. The highest BCUT2D eigenvalue weighted by Gasteiger charge is 2.30. The molecule has 0 radical (unpaired) electrons. The van der Waals surface area contributed by atoms with Crippen molar-refractivity contribution in [3.8, 4) is 0 Å². The molecular formula is C9H13NO5. The Balaban J connectivity index is 2.46. The van der Waals surface area contributed by atoms with Crippen LogP contribution in [0.2, 0.25) is 0 Å². The molecule has 3 N–H and O–H groups in total. The second-order valence-electron chi connectivity index (χ2n) is 3.63. The van der Waals surface area contributed by atoms with Gasteiger partial charge in [0, 0.05) is 5.92 Å². The fraction of sp³-hybridized carbons (Fsp3) is 0.667. The van der Waals surface area contributed by atoms with Gasteiger partial charge in [0.1, 0.15) is 6.04 Å². The number of amides is 1. The normalized spacial score (nSPS) is 17.6. The van der Waals surface area contributed by atoms with Crippen LogP contribution in [-0.4, -0.2) is 34.1 Å². The molecule has 1 atom stereocenters. The van der Waals surface area contributed by atoms with E-state index in [1.54, 1.807) is 0 Å². The van der Waals surface area contributed by atoms with Crippen molar-refractivity contribution in [3.05, 3.63) is 0 Å². The Hall–Kier alpha value is -1.59. The minimum atomic E-state index is -1.32. The highest BCUT2D eigenvalue weighted by molar-refractivity contribution is 5.88. The largest absolute Gasteiger partial charge is 0.481 e. The summed E-state index contributed by atoms with van der Waals surface area (Å²) in [6.07, 6.45) is 1.89. The van der Waals surface area contributed by atoms with Crippen LogP contribution in [0.3, 0.4) is 0 Å². The van der Waals surface area contributed by atoms with E-state index in [1.807, 2.05) is 0 Å². The zero-order valence-electron chi connectivity index (χ0n) is 8.10. The number of rotatable bonds is 5. The maximum Gasteiger partial charge on any atom is 0.326 e. The Morgan fingerprint density at radius 2 is 1.87 bits per heavy atom. The SMILES string of the molecule is O=C(O)C[C@H](NC(=O)C1CCC1)C(=O)O. The van der Waals surface area contributed by atoms with Gasteiger partial charge in [-0.25, -0.2) is 4.79 Å². The molecule has 0 unspecified atom stereocenters. The first-order chi connectivity index (χ1) is 7.00. The minimum absolute atomic E-state index is 0.138. The predicted octanol–water partition coefficient (Wildman–Crippen LogP) is -0.169. The Bertz CT molecular complexity index is 284.